The van der Waals surface area contributed by atoms with E-state index in [2.05, 4.69) is 22.1 Å². The van der Waals surface area contributed by atoms with Gasteiger partial charge in [0.15, 0.2) is 0 Å². The number of hydrogen-bond acceptors (Lipinski definition) is 3. The highest BCUT2D eigenvalue weighted by Gasteiger charge is 2.32. The third-order valence-electron chi connectivity index (χ3n) is 3.42. The van der Waals surface area contributed by atoms with E-state index in [0.29, 0.717) is 19.1 Å². The summed E-state index contributed by atoms with van der Waals surface area (Å²) in [5, 5.41) is 7.63. The van der Waals surface area contributed by atoms with Crippen LogP contribution in [0.15, 0.2) is 16.8 Å². The molecule has 0 aliphatic carbocycles. The molecule has 1 fully saturated rings. The van der Waals surface area contributed by atoms with Gasteiger partial charge < -0.3 is 5.32 Å². The highest BCUT2D eigenvalue weighted by atomic mass is 32.1. The first-order valence-electron chi connectivity index (χ1n) is 6.56. The lowest BCUT2D eigenvalue weighted by Crippen LogP contribution is -2.45. The maximum Gasteiger partial charge on any atom is 0.401 e. The Kier molecular flexibility index (Phi) is 5.24. The van der Waals surface area contributed by atoms with Crippen molar-refractivity contribution in [3.63, 3.8) is 0 Å². The van der Waals surface area contributed by atoms with E-state index in [9.17, 15) is 13.2 Å². The Morgan fingerprint density at radius 3 is 2.63 bits per heavy atom. The number of likely N-dealkylation sites (tertiary alicyclic amines) is 1. The monoisotopic (exact) mass is 292 g/mol. The molecule has 0 bridgehead atoms. The maximum atomic E-state index is 12.2. The predicted octanol–water partition coefficient (Wildman–Crippen LogP) is 2.91. The summed E-state index contributed by atoms with van der Waals surface area (Å²) in [7, 11) is 0. The average molecular weight is 292 g/mol. The van der Waals surface area contributed by atoms with E-state index in [4.69, 9.17) is 0 Å². The van der Waals surface area contributed by atoms with Crippen LogP contribution in [-0.4, -0.2) is 43.3 Å². The molecule has 1 saturated heterocycles. The zero-order chi connectivity index (χ0) is 13.7. The van der Waals surface area contributed by atoms with Crippen molar-refractivity contribution >= 4 is 11.3 Å². The van der Waals surface area contributed by atoms with E-state index < -0.39 is 12.7 Å². The molecule has 0 aromatic carbocycles. The van der Waals surface area contributed by atoms with Gasteiger partial charge in [0.2, 0.25) is 0 Å². The van der Waals surface area contributed by atoms with Crippen LogP contribution in [0.4, 0.5) is 13.2 Å². The van der Waals surface area contributed by atoms with Crippen molar-refractivity contribution < 1.29 is 13.2 Å². The van der Waals surface area contributed by atoms with Crippen LogP contribution in [0, 0.1) is 0 Å². The highest BCUT2D eigenvalue weighted by Crippen LogP contribution is 2.19. The van der Waals surface area contributed by atoms with Crippen LogP contribution in [0.25, 0.3) is 0 Å². The number of halogens is 3. The van der Waals surface area contributed by atoms with Crippen molar-refractivity contribution in [3.8, 4) is 0 Å². The first kappa shape index (κ1) is 14.8. The largest absolute Gasteiger partial charge is 0.401 e. The molecule has 0 amide bonds. The van der Waals surface area contributed by atoms with E-state index >= 15 is 0 Å². The maximum absolute atomic E-state index is 12.2. The Bertz CT molecular complexity index is 356. The second-order valence-corrected chi connectivity index (χ2v) is 5.78. The second-order valence-electron chi connectivity index (χ2n) is 5.00. The van der Waals surface area contributed by atoms with Crippen molar-refractivity contribution in [2.75, 3.05) is 26.2 Å². The van der Waals surface area contributed by atoms with Gasteiger partial charge in [-0.15, -0.1) is 0 Å². The van der Waals surface area contributed by atoms with Crippen LogP contribution < -0.4 is 5.32 Å². The van der Waals surface area contributed by atoms with Crippen LogP contribution in [0.2, 0.25) is 0 Å². The fraction of sp³-hybridized carbons (Fsp3) is 0.692. The fourth-order valence-electron chi connectivity index (χ4n) is 2.40. The van der Waals surface area contributed by atoms with Gasteiger partial charge in [0, 0.05) is 6.04 Å². The van der Waals surface area contributed by atoms with E-state index in [1.54, 1.807) is 11.3 Å². The molecular weight excluding hydrogens is 273 g/mol. The SMILES string of the molecule is FC(F)(F)CN1CCC(NCCc2ccsc2)CC1. The van der Waals surface area contributed by atoms with Crippen LogP contribution >= 0.6 is 11.3 Å². The molecule has 0 spiro atoms. The molecule has 2 nitrogen and oxygen atoms in total. The number of alkyl halides is 3. The smallest absolute Gasteiger partial charge is 0.314 e. The first-order valence-corrected chi connectivity index (χ1v) is 7.51. The molecule has 1 N–H and O–H groups in total. The van der Waals surface area contributed by atoms with Crippen molar-refractivity contribution in [1.29, 1.82) is 0 Å². The van der Waals surface area contributed by atoms with E-state index in [1.807, 2.05) is 0 Å². The van der Waals surface area contributed by atoms with E-state index in [1.165, 1.54) is 10.5 Å². The van der Waals surface area contributed by atoms with Gasteiger partial charge in [0.1, 0.15) is 0 Å². The molecule has 1 aromatic rings. The molecular formula is C13H19F3N2S. The zero-order valence-corrected chi connectivity index (χ0v) is 11.6. The molecule has 1 aliphatic heterocycles. The Hall–Kier alpha value is -0.590. The van der Waals surface area contributed by atoms with Gasteiger partial charge in [-0.25, -0.2) is 0 Å². The van der Waals surface area contributed by atoms with Crippen LogP contribution in [0.5, 0.6) is 0 Å². The summed E-state index contributed by atoms with van der Waals surface area (Å²) in [6, 6.07) is 2.47. The molecule has 0 saturated carbocycles. The number of nitrogens with zero attached hydrogens (tertiary/aromatic N) is 1. The van der Waals surface area contributed by atoms with Gasteiger partial charge in [-0.3, -0.25) is 4.90 Å². The topological polar surface area (TPSA) is 15.3 Å². The van der Waals surface area contributed by atoms with Crippen molar-refractivity contribution in [2.24, 2.45) is 0 Å². The molecule has 108 valence electrons. The summed E-state index contributed by atoms with van der Waals surface area (Å²) < 4.78 is 36.7. The van der Waals surface area contributed by atoms with E-state index in [-0.39, 0.29) is 0 Å². The zero-order valence-electron chi connectivity index (χ0n) is 10.7. The lowest BCUT2D eigenvalue weighted by molar-refractivity contribution is -0.148. The number of rotatable bonds is 5. The quantitative estimate of drug-likeness (QED) is 0.897. The summed E-state index contributed by atoms with van der Waals surface area (Å²) in [6.45, 7) is 1.21. The molecule has 1 aromatic heterocycles. The minimum atomic E-state index is -4.07. The van der Waals surface area contributed by atoms with Crippen LogP contribution in [0.3, 0.4) is 0 Å². The minimum absolute atomic E-state index is 0.364. The number of piperidine rings is 1. The first-order chi connectivity index (χ1) is 9.03. The Morgan fingerprint density at radius 2 is 2.05 bits per heavy atom. The molecule has 2 rings (SSSR count). The molecule has 0 unspecified atom stereocenters. The third kappa shape index (κ3) is 5.50. The molecule has 0 radical (unpaired) electrons. The number of hydrogen-bond donors (Lipinski definition) is 1. The number of thiophene rings is 1. The van der Waals surface area contributed by atoms with Crippen LogP contribution in [0.1, 0.15) is 18.4 Å². The summed E-state index contributed by atoms with van der Waals surface area (Å²) in [5.74, 6) is 0. The highest BCUT2D eigenvalue weighted by molar-refractivity contribution is 7.07. The van der Waals surface area contributed by atoms with Gasteiger partial charge in [0.25, 0.3) is 0 Å². The Morgan fingerprint density at radius 1 is 1.32 bits per heavy atom. The summed E-state index contributed by atoms with van der Waals surface area (Å²) in [6.07, 6.45) is -1.47. The van der Waals surface area contributed by atoms with E-state index in [0.717, 1.165) is 25.8 Å². The van der Waals surface area contributed by atoms with Gasteiger partial charge in [-0.1, -0.05) is 0 Å². The molecule has 6 heteroatoms. The lowest BCUT2D eigenvalue weighted by atomic mass is 10.0. The van der Waals surface area contributed by atoms with Gasteiger partial charge in [-0.05, 0) is 61.3 Å². The standard InChI is InChI=1S/C13H19F3N2S/c14-13(15,16)10-18-6-2-12(3-7-18)17-5-1-11-4-8-19-9-11/h4,8-9,12,17H,1-3,5-7,10H2. The average Bonchev–Trinajstić information content (AvgIpc) is 2.82. The Labute approximate surface area is 115 Å². The minimum Gasteiger partial charge on any atom is -0.314 e. The predicted molar refractivity (Wildman–Crippen MR) is 71.5 cm³/mol. The normalized spacial score (nSPS) is 18.9. The lowest BCUT2D eigenvalue weighted by Gasteiger charge is -2.32. The van der Waals surface area contributed by atoms with Gasteiger partial charge in [0.05, 0.1) is 6.54 Å². The Balaban J connectivity index is 1.61. The second kappa shape index (κ2) is 6.72. The summed E-state index contributed by atoms with van der Waals surface area (Å²) in [5.41, 5.74) is 1.33. The fourth-order valence-corrected chi connectivity index (χ4v) is 3.11. The van der Waals surface area contributed by atoms with Crippen molar-refractivity contribution in [1.82, 2.24) is 10.2 Å². The van der Waals surface area contributed by atoms with Crippen molar-refractivity contribution in [3.05, 3.63) is 22.4 Å². The third-order valence-corrected chi connectivity index (χ3v) is 4.15. The summed E-state index contributed by atoms with van der Waals surface area (Å²) >= 11 is 1.69. The summed E-state index contributed by atoms with van der Waals surface area (Å²) in [4.78, 5) is 1.50. The van der Waals surface area contributed by atoms with Gasteiger partial charge in [-0.2, -0.15) is 24.5 Å². The van der Waals surface area contributed by atoms with Crippen LogP contribution in [-0.2, 0) is 6.42 Å². The number of nitrogens with one attached hydrogen (secondary N) is 1. The molecule has 2 heterocycles. The molecule has 0 atom stereocenters. The van der Waals surface area contributed by atoms with Gasteiger partial charge >= 0.3 is 6.18 Å². The molecule has 1 aliphatic rings. The molecule has 19 heavy (non-hydrogen) atoms. The van der Waals surface area contributed by atoms with Crippen molar-refractivity contribution in [2.45, 2.75) is 31.5 Å².